The molecule has 0 amide bonds. The van der Waals surface area contributed by atoms with Crippen LogP contribution in [-0.2, 0) is 5.41 Å². The molecule has 0 aromatic heterocycles. The van der Waals surface area contributed by atoms with Crippen LogP contribution in [-0.4, -0.2) is 0 Å². The van der Waals surface area contributed by atoms with Crippen molar-refractivity contribution in [1.82, 2.24) is 0 Å². The Labute approximate surface area is 79.8 Å². The minimum absolute atomic E-state index is 0.401. The lowest BCUT2D eigenvalue weighted by Gasteiger charge is -2.17. The van der Waals surface area contributed by atoms with Gasteiger partial charge in [0, 0.05) is 17.7 Å². The first-order chi connectivity index (χ1) is 6.38. The van der Waals surface area contributed by atoms with Gasteiger partial charge in [0.25, 0.3) is 0 Å². The molecule has 0 aliphatic rings. The summed E-state index contributed by atoms with van der Waals surface area (Å²) in [5, 5.41) is 8.69. The molecule has 0 saturated carbocycles. The van der Waals surface area contributed by atoms with Crippen molar-refractivity contribution in [2.24, 2.45) is 0 Å². The highest BCUT2D eigenvalue weighted by Gasteiger charge is 2.28. The fourth-order valence-corrected chi connectivity index (χ4v) is 1.20. The summed E-state index contributed by atoms with van der Waals surface area (Å²) in [4.78, 5) is 0. The summed E-state index contributed by atoms with van der Waals surface area (Å²) in [5.41, 5.74) is -1.71. The van der Waals surface area contributed by atoms with Crippen LogP contribution < -0.4 is 0 Å². The van der Waals surface area contributed by atoms with Gasteiger partial charge in [0.1, 0.15) is 17.5 Å². The zero-order valence-corrected chi connectivity index (χ0v) is 7.74. The molecule has 74 valence electrons. The highest BCUT2D eigenvalue weighted by Crippen LogP contribution is 2.28. The fraction of sp³-hybridized carbons (Fsp3) is 0.300. The number of nitrogens with zero attached hydrogens (tertiary/aromatic N) is 1. The van der Waals surface area contributed by atoms with Crippen molar-refractivity contribution in [1.29, 1.82) is 5.26 Å². The van der Waals surface area contributed by atoms with Gasteiger partial charge < -0.3 is 0 Å². The van der Waals surface area contributed by atoms with Gasteiger partial charge in [-0.25, -0.2) is 13.2 Å². The third-order valence-corrected chi connectivity index (χ3v) is 1.91. The molecule has 1 rings (SSSR count). The fourth-order valence-electron chi connectivity index (χ4n) is 1.20. The zero-order chi connectivity index (χ0) is 10.9. The van der Waals surface area contributed by atoms with Crippen molar-refractivity contribution in [3.8, 4) is 6.07 Å². The van der Waals surface area contributed by atoms with Crippen molar-refractivity contribution in [2.45, 2.75) is 19.3 Å². The molecule has 0 aliphatic heterocycles. The maximum absolute atomic E-state index is 13.2. The number of rotatable bonds is 1. The van der Waals surface area contributed by atoms with Crippen LogP contribution in [0.25, 0.3) is 0 Å². The molecular formula is C10H8F3N. The Hall–Kier alpha value is -1.50. The topological polar surface area (TPSA) is 23.8 Å². The average Bonchev–Trinajstić information content (AvgIpc) is 2.01. The molecule has 0 radical (unpaired) electrons. The summed E-state index contributed by atoms with van der Waals surface area (Å²) in [6, 6.07) is 2.89. The summed E-state index contributed by atoms with van der Waals surface area (Å²) < 4.78 is 38.9. The van der Waals surface area contributed by atoms with E-state index in [1.54, 1.807) is 6.07 Å². The Morgan fingerprint density at radius 2 is 1.57 bits per heavy atom. The highest BCUT2D eigenvalue weighted by atomic mass is 19.1. The van der Waals surface area contributed by atoms with Crippen molar-refractivity contribution in [2.75, 3.05) is 0 Å². The zero-order valence-electron chi connectivity index (χ0n) is 7.74. The molecule has 0 fully saturated rings. The van der Waals surface area contributed by atoms with Crippen LogP contribution in [0.4, 0.5) is 13.2 Å². The van der Waals surface area contributed by atoms with E-state index in [2.05, 4.69) is 0 Å². The van der Waals surface area contributed by atoms with Gasteiger partial charge in [-0.15, -0.1) is 0 Å². The second kappa shape index (κ2) is 3.33. The molecule has 0 aliphatic carbocycles. The van der Waals surface area contributed by atoms with Gasteiger partial charge in [0.05, 0.1) is 11.5 Å². The Morgan fingerprint density at radius 3 is 1.93 bits per heavy atom. The number of hydrogen-bond acceptors (Lipinski definition) is 1. The maximum atomic E-state index is 13.2. The molecule has 0 N–H and O–H groups in total. The van der Waals surface area contributed by atoms with E-state index in [0.29, 0.717) is 12.1 Å². The van der Waals surface area contributed by atoms with Crippen molar-refractivity contribution in [3.05, 3.63) is 35.1 Å². The average molecular weight is 199 g/mol. The summed E-state index contributed by atoms with van der Waals surface area (Å²) in [5.74, 6) is -3.06. The second-order valence-electron chi connectivity index (χ2n) is 3.48. The van der Waals surface area contributed by atoms with Crippen LogP contribution in [0, 0.1) is 28.8 Å². The molecule has 4 heteroatoms. The quantitative estimate of drug-likeness (QED) is 0.682. The molecule has 14 heavy (non-hydrogen) atoms. The number of halogens is 3. The predicted octanol–water partition coefficient (Wildman–Crippen LogP) is 2.91. The van der Waals surface area contributed by atoms with Gasteiger partial charge in [-0.3, -0.25) is 0 Å². The van der Waals surface area contributed by atoms with Crippen molar-refractivity contribution < 1.29 is 13.2 Å². The lowest BCUT2D eigenvalue weighted by molar-refractivity contribution is 0.489. The number of nitriles is 1. The Bertz CT molecular complexity index is 381. The number of hydrogen-bond donors (Lipinski definition) is 0. The SMILES string of the molecule is CC(C)(C#N)c1c(F)cc(F)cc1F. The van der Waals surface area contributed by atoms with E-state index in [4.69, 9.17) is 5.26 Å². The van der Waals surface area contributed by atoms with Gasteiger partial charge >= 0.3 is 0 Å². The van der Waals surface area contributed by atoms with Crippen LogP contribution in [0.15, 0.2) is 12.1 Å². The maximum Gasteiger partial charge on any atom is 0.133 e. The molecule has 1 nitrogen and oxygen atoms in total. The summed E-state index contributed by atoms with van der Waals surface area (Å²) >= 11 is 0. The molecule has 0 heterocycles. The first kappa shape index (κ1) is 10.6. The predicted molar refractivity (Wildman–Crippen MR) is 45.0 cm³/mol. The summed E-state index contributed by atoms with van der Waals surface area (Å²) in [6.45, 7) is 2.73. The second-order valence-corrected chi connectivity index (χ2v) is 3.48. The standard InChI is InChI=1S/C10H8F3N/c1-10(2,5-14)9-7(12)3-6(11)4-8(9)13/h3-4H,1-2H3. The minimum atomic E-state index is -1.30. The molecule has 0 unspecified atom stereocenters. The third-order valence-electron chi connectivity index (χ3n) is 1.91. The molecule has 0 saturated heterocycles. The summed E-state index contributed by atoms with van der Waals surface area (Å²) in [6.07, 6.45) is 0. The van der Waals surface area contributed by atoms with Crippen LogP contribution in [0.1, 0.15) is 19.4 Å². The van der Waals surface area contributed by atoms with E-state index in [-0.39, 0.29) is 0 Å². The van der Waals surface area contributed by atoms with Gasteiger partial charge in [-0.1, -0.05) is 0 Å². The molecular weight excluding hydrogens is 191 g/mol. The normalized spacial score (nSPS) is 11.1. The third kappa shape index (κ3) is 1.72. The first-order valence-electron chi connectivity index (χ1n) is 3.95. The first-order valence-corrected chi connectivity index (χ1v) is 3.95. The van der Waals surface area contributed by atoms with Crippen LogP contribution >= 0.6 is 0 Å². The molecule has 1 aromatic carbocycles. The van der Waals surface area contributed by atoms with E-state index in [1.165, 1.54) is 13.8 Å². The van der Waals surface area contributed by atoms with Crippen molar-refractivity contribution >= 4 is 0 Å². The minimum Gasteiger partial charge on any atom is -0.207 e. The molecule has 1 aromatic rings. The monoisotopic (exact) mass is 199 g/mol. The molecule has 0 atom stereocenters. The van der Waals surface area contributed by atoms with Gasteiger partial charge in [0.2, 0.25) is 0 Å². The lowest BCUT2D eigenvalue weighted by atomic mass is 9.85. The van der Waals surface area contributed by atoms with E-state index in [0.717, 1.165) is 0 Å². The van der Waals surface area contributed by atoms with Crippen LogP contribution in [0.5, 0.6) is 0 Å². The molecule has 0 bridgehead atoms. The number of benzene rings is 1. The summed E-state index contributed by atoms with van der Waals surface area (Å²) in [7, 11) is 0. The highest BCUT2D eigenvalue weighted by molar-refractivity contribution is 5.33. The van der Waals surface area contributed by atoms with E-state index < -0.39 is 28.4 Å². The Balaban J connectivity index is 3.44. The molecule has 0 spiro atoms. The van der Waals surface area contributed by atoms with Gasteiger partial charge in [-0.05, 0) is 13.8 Å². The van der Waals surface area contributed by atoms with Gasteiger partial charge in [-0.2, -0.15) is 5.26 Å². The van der Waals surface area contributed by atoms with E-state index >= 15 is 0 Å². The van der Waals surface area contributed by atoms with Crippen molar-refractivity contribution in [3.63, 3.8) is 0 Å². The lowest BCUT2D eigenvalue weighted by Crippen LogP contribution is -2.18. The smallest absolute Gasteiger partial charge is 0.133 e. The Morgan fingerprint density at radius 1 is 1.14 bits per heavy atom. The Kier molecular flexibility index (Phi) is 2.52. The van der Waals surface area contributed by atoms with Gasteiger partial charge in [0.15, 0.2) is 0 Å². The van der Waals surface area contributed by atoms with Crippen LogP contribution in [0.3, 0.4) is 0 Å². The van der Waals surface area contributed by atoms with E-state index in [1.807, 2.05) is 0 Å². The largest absolute Gasteiger partial charge is 0.207 e. The van der Waals surface area contributed by atoms with Crippen LogP contribution in [0.2, 0.25) is 0 Å². The van der Waals surface area contributed by atoms with E-state index in [9.17, 15) is 13.2 Å².